The molecule has 0 aromatic heterocycles. The lowest BCUT2D eigenvalue weighted by Gasteiger charge is -2.28. The average molecular weight is 309 g/mol. The van der Waals surface area contributed by atoms with Gasteiger partial charge in [0.2, 0.25) is 0 Å². The molecule has 1 aromatic carbocycles. The lowest BCUT2D eigenvalue weighted by atomic mass is 10.1. The van der Waals surface area contributed by atoms with Gasteiger partial charge in [-0.05, 0) is 58.9 Å². The Morgan fingerprint density at radius 3 is 2.09 bits per heavy atom. The normalized spacial score (nSPS) is 11.7. The van der Waals surface area contributed by atoms with E-state index in [1.54, 1.807) is 32.9 Å². The maximum absolute atomic E-state index is 11.8. The molecule has 0 fully saturated rings. The Balaban J connectivity index is 2.54. The van der Waals surface area contributed by atoms with E-state index in [2.05, 4.69) is 5.32 Å². The van der Waals surface area contributed by atoms with Crippen molar-refractivity contribution in [3.8, 4) is 5.75 Å². The second-order valence-electron chi connectivity index (χ2n) is 6.63. The fourth-order valence-corrected chi connectivity index (χ4v) is 1.57. The summed E-state index contributed by atoms with van der Waals surface area (Å²) in [5.74, 6) is -0.456. The highest BCUT2D eigenvalue weighted by molar-refractivity contribution is 5.87. The summed E-state index contributed by atoms with van der Waals surface area (Å²) in [4.78, 5) is 22.5. The first-order valence-electron chi connectivity index (χ1n) is 6.96. The minimum Gasteiger partial charge on any atom is -0.491 e. The van der Waals surface area contributed by atoms with Crippen molar-refractivity contribution in [1.82, 2.24) is 5.32 Å². The topological polar surface area (TPSA) is 84.9 Å². The zero-order valence-electron chi connectivity index (χ0n) is 13.6. The van der Waals surface area contributed by atoms with Crippen molar-refractivity contribution in [1.29, 1.82) is 0 Å². The van der Waals surface area contributed by atoms with Crippen molar-refractivity contribution in [3.05, 3.63) is 29.8 Å². The molecule has 1 aromatic rings. The van der Waals surface area contributed by atoms with Crippen molar-refractivity contribution in [2.24, 2.45) is 0 Å². The van der Waals surface area contributed by atoms with E-state index in [0.717, 1.165) is 0 Å². The molecular formula is C16H23NO5. The highest BCUT2D eigenvalue weighted by Gasteiger charge is 2.25. The summed E-state index contributed by atoms with van der Waals surface area (Å²) >= 11 is 0. The summed E-state index contributed by atoms with van der Waals surface area (Å²) in [6.45, 7) is 9.21. The summed E-state index contributed by atoms with van der Waals surface area (Å²) in [5, 5.41) is 11.6. The van der Waals surface area contributed by atoms with Gasteiger partial charge in [-0.3, -0.25) is 0 Å². The molecule has 6 heteroatoms. The Morgan fingerprint density at radius 2 is 1.64 bits per heavy atom. The number of nitrogens with one attached hydrogen (secondary N) is 1. The number of carboxylic acids is 1. The van der Waals surface area contributed by atoms with Gasteiger partial charge in [0.1, 0.15) is 18.0 Å². The molecule has 0 radical (unpaired) electrons. The number of ether oxygens (including phenoxy) is 2. The third-order valence-corrected chi connectivity index (χ3v) is 2.54. The van der Waals surface area contributed by atoms with Crippen LogP contribution in [0.4, 0.5) is 4.79 Å². The minimum atomic E-state index is -0.988. The van der Waals surface area contributed by atoms with Gasteiger partial charge >= 0.3 is 12.1 Å². The molecule has 1 amide bonds. The van der Waals surface area contributed by atoms with Crippen LogP contribution < -0.4 is 10.1 Å². The van der Waals surface area contributed by atoms with Crippen LogP contribution in [0.3, 0.4) is 0 Å². The second-order valence-corrected chi connectivity index (χ2v) is 6.63. The smallest absolute Gasteiger partial charge is 0.408 e. The summed E-state index contributed by atoms with van der Waals surface area (Å²) in [7, 11) is 0. The third-order valence-electron chi connectivity index (χ3n) is 2.54. The largest absolute Gasteiger partial charge is 0.491 e. The second kappa shape index (κ2) is 6.68. The van der Waals surface area contributed by atoms with Crippen LogP contribution in [0, 0.1) is 0 Å². The first kappa shape index (κ1) is 17.8. The number of aromatic carboxylic acids is 1. The van der Waals surface area contributed by atoms with Gasteiger partial charge in [0, 0.05) is 0 Å². The van der Waals surface area contributed by atoms with Gasteiger partial charge in [-0.1, -0.05) is 0 Å². The Hall–Kier alpha value is -2.24. The first-order valence-corrected chi connectivity index (χ1v) is 6.96. The number of carboxylic acid groups (broad SMARTS) is 1. The standard InChI is InChI=1S/C16H23NO5/c1-15(2,3)22-14(20)17-16(4,5)10-21-12-8-6-11(7-9-12)13(18)19/h6-9H,10H2,1-5H3,(H,17,20)(H,18,19). The molecule has 0 unspecified atom stereocenters. The summed E-state index contributed by atoms with van der Waals surface area (Å²) in [5.41, 5.74) is -1.000. The lowest BCUT2D eigenvalue weighted by Crippen LogP contribution is -2.49. The van der Waals surface area contributed by atoms with Gasteiger partial charge in [0.05, 0.1) is 11.1 Å². The number of benzene rings is 1. The van der Waals surface area contributed by atoms with Crippen LogP contribution in [-0.2, 0) is 4.74 Å². The number of alkyl carbamates (subject to hydrolysis) is 1. The van der Waals surface area contributed by atoms with Crippen LogP contribution in [0.5, 0.6) is 5.75 Å². The van der Waals surface area contributed by atoms with Crippen molar-refractivity contribution < 1.29 is 24.2 Å². The van der Waals surface area contributed by atoms with Crippen LogP contribution in [0.25, 0.3) is 0 Å². The Labute approximate surface area is 130 Å². The van der Waals surface area contributed by atoms with Crippen molar-refractivity contribution in [2.75, 3.05) is 6.61 Å². The summed E-state index contributed by atoms with van der Waals surface area (Å²) in [6, 6.07) is 6.08. The van der Waals surface area contributed by atoms with E-state index in [1.165, 1.54) is 12.1 Å². The van der Waals surface area contributed by atoms with E-state index in [0.29, 0.717) is 5.75 Å². The molecule has 2 N–H and O–H groups in total. The monoisotopic (exact) mass is 309 g/mol. The lowest BCUT2D eigenvalue weighted by molar-refractivity contribution is 0.0441. The molecule has 6 nitrogen and oxygen atoms in total. The zero-order valence-corrected chi connectivity index (χ0v) is 13.6. The predicted molar refractivity (Wildman–Crippen MR) is 82.3 cm³/mol. The fourth-order valence-electron chi connectivity index (χ4n) is 1.57. The molecule has 0 bridgehead atoms. The zero-order chi connectivity index (χ0) is 17.0. The van der Waals surface area contributed by atoms with E-state index in [1.807, 2.05) is 13.8 Å². The molecule has 0 aliphatic heterocycles. The molecule has 0 spiro atoms. The van der Waals surface area contributed by atoms with Crippen LogP contribution in [0.15, 0.2) is 24.3 Å². The van der Waals surface area contributed by atoms with Crippen LogP contribution >= 0.6 is 0 Å². The molecule has 0 aliphatic carbocycles. The average Bonchev–Trinajstić information content (AvgIpc) is 2.33. The molecule has 22 heavy (non-hydrogen) atoms. The van der Waals surface area contributed by atoms with Gasteiger partial charge in [0.15, 0.2) is 0 Å². The molecule has 0 saturated carbocycles. The van der Waals surface area contributed by atoms with Gasteiger partial charge < -0.3 is 19.9 Å². The van der Waals surface area contributed by atoms with Crippen LogP contribution in [0.1, 0.15) is 45.0 Å². The number of hydrogen-bond acceptors (Lipinski definition) is 4. The molecule has 0 heterocycles. The van der Waals surface area contributed by atoms with Crippen molar-refractivity contribution in [2.45, 2.75) is 45.8 Å². The van der Waals surface area contributed by atoms with E-state index in [4.69, 9.17) is 14.6 Å². The maximum atomic E-state index is 11.8. The van der Waals surface area contributed by atoms with E-state index >= 15 is 0 Å². The predicted octanol–water partition coefficient (Wildman–Crippen LogP) is 3.07. The maximum Gasteiger partial charge on any atom is 0.408 e. The van der Waals surface area contributed by atoms with E-state index in [-0.39, 0.29) is 12.2 Å². The van der Waals surface area contributed by atoms with Crippen molar-refractivity contribution >= 4 is 12.1 Å². The Morgan fingerprint density at radius 1 is 1.09 bits per heavy atom. The van der Waals surface area contributed by atoms with Gasteiger partial charge in [-0.25, -0.2) is 9.59 Å². The molecule has 0 atom stereocenters. The molecule has 1 rings (SSSR count). The molecule has 122 valence electrons. The van der Waals surface area contributed by atoms with Gasteiger partial charge in [0.25, 0.3) is 0 Å². The first-order chi connectivity index (χ1) is 9.98. The summed E-state index contributed by atoms with van der Waals surface area (Å²) in [6.07, 6.45) is -0.512. The van der Waals surface area contributed by atoms with E-state index in [9.17, 15) is 9.59 Å². The SMILES string of the molecule is CC(C)(COc1ccc(C(=O)O)cc1)NC(=O)OC(C)(C)C. The Bertz CT molecular complexity index is 528. The van der Waals surface area contributed by atoms with E-state index < -0.39 is 23.2 Å². The van der Waals surface area contributed by atoms with Crippen LogP contribution in [-0.4, -0.2) is 34.9 Å². The van der Waals surface area contributed by atoms with Crippen molar-refractivity contribution in [3.63, 3.8) is 0 Å². The van der Waals surface area contributed by atoms with Gasteiger partial charge in [-0.15, -0.1) is 0 Å². The highest BCUT2D eigenvalue weighted by Crippen LogP contribution is 2.15. The van der Waals surface area contributed by atoms with Crippen LogP contribution in [0.2, 0.25) is 0 Å². The quantitative estimate of drug-likeness (QED) is 0.873. The minimum absolute atomic E-state index is 0.193. The third kappa shape index (κ3) is 6.47. The molecule has 0 aliphatic rings. The number of amides is 1. The number of carbonyl (C=O) groups is 2. The highest BCUT2D eigenvalue weighted by atomic mass is 16.6. The number of carbonyl (C=O) groups excluding carboxylic acids is 1. The van der Waals surface area contributed by atoms with Gasteiger partial charge in [-0.2, -0.15) is 0 Å². The molecule has 0 saturated heterocycles. The molecular weight excluding hydrogens is 286 g/mol. The number of rotatable bonds is 5. The Kier molecular flexibility index (Phi) is 5.41. The fraction of sp³-hybridized carbons (Fsp3) is 0.500. The summed E-state index contributed by atoms with van der Waals surface area (Å²) < 4.78 is 10.8. The number of hydrogen-bond donors (Lipinski definition) is 2.